The van der Waals surface area contributed by atoms with Crippen molar-refractivity contribution in [1.82, 2.24) is 15.3 Å². The second-order valence-corrected chi connectivity index (χ2v) is 4.75. The van der Waals surface area contributed by atoms with Gasteiger partial charge in [-0.25, -0.2) is 9.97 Å². The Morgan fingerprint density at radius 3 is 2.56 bits per heavy atom. The van der Waals surface area contributed by atoms with Crippen LogP contribution in [0.5, 0.6) is 0 Å². The molecule has 5 nitrogen and oxygen atoms in total. The quantitative estimate of drug-likeness (QED) is 0.879. The molecule has 0 aliphatic carbocycles. The van der Waals surface area contributed by atoms with E-state index >= 15 is 0 Å². The highest BCUT2D eigenvalue weighted by Crippen LogP contribution is 2.14. The van der Waals surface area contributed by atoms with E-state index in [1.165, 1.54) is 12.8 Å². The van der Waals surface area contributed by atoms with Gasteiger partial charge in [0.1, 0.15) is 0 Å². The van der Waals surface area contributed by atoms with Crippen molar-refractivity contribution in [3.05, 3.63) is 18.0 Å². The van der Waals surface area contributed by atoms with Gasteiger partial charge in [-0.05, 0) is 26.2 Å². The van der Waals surface area contributed by atoms with E-state index in [9.17, 15) is 4.79 Å². The van der Waals surface area contributed by atoms with Gasteiger partial charge in [-0.2, -0.15) is 0 Å². The standard InChI is InChI=1S/C13H20N4O/c1-3-10(2)16-12(18)11-8-14-13(15-9-11)17-6-4-5-7-17/h8-10H,3-7H2,1-2H3,(H,16,18). The van der Waals surface area contributed by atoms with Gasteiger partial charge in [0.25, 0.3) is 5.91 Å². The van der Waals surface area contributed by atoms with E-state index in [2.05, 4.69) is 20.2 Å². The fourth-order valence-corrected chi connectivity index (χ4v) is 1.93. The first-order valence-electron chi connectivity index (χ1n) is 6.58. The summed E-state index contributed by atoms with van der Waals surface area (Å²) in [6.07, 6.45) is 6.52. The number of nitrogens with zero attached hydrogens (tertiary/aromatic N) is 3. The fraction of sp³-hybridized carbons (Fsp3) is 0.615. The van der Waals surface area contributed by atoms with Gasteiger partial charge in [-0.15, -0.1) is 0 Å². The average Bonchev–Trinajstić information content (AvgIpc) is 2.92. The summed E-state index contributed by atoms with van der Waals surface area (Å²) in [6, 6.07) is 0.177. The summed E-state index contributed by atoms with van der Waals surface area (Å²) in [7, 11) is 0. The third kappa shape index (κ3) is 2.97. The van der Waals surface area contributed by atoms with Gasteiger partial charge in [-0.3, -0.25) is 4.79 Å². The minimum atomic E-state index is -0.0997. The SMILES string of the molecule is CCC(C)NC(=O)c1cnc(N2CCCC2)nc1. The zero-order valence-corrected chi connectivity index (χ0v) is 11.0. The van der Waals surface area contributed by atoms with Crippen molar-refractivity contribution < 1.29 is 4.79 Å². The molecule has 1 aromatic heterocycles. The predicted octanol–water partition coefficient (Wildman–Crippen LogP) is 1.61. The molecule has 1 saturated heterocycles. The molecule has 2 heterocycles. The normalized spacial score (nSPS) is 16.7. The van der Waals surface area contributed by atoms with Crippen molar-refractivity contribution in [3.63, 3.8) is 0 Å². The Balaban J connectivity index is 2.00. The Bertz CT molecular complexity index is 398. The van der Waals surface area contributed by atoms with Crippen LogP contribution >= 0.6 is 0 Å². The number of hydrogen-bond acceptors (Lipinski definition) is 4. The van der Waals surface area contributed by atoms with Crippen LogP contribution in [0, 0.1) is 0 Å². The third-order valence-corrected chi connectivity index (χ3v) is 3.28. The Labute approximate surface area is 108 Å². The number of hydrogen-bond donors (Lipinski definition) is 1. The molecule has 1 fully saturated rings. The number of carbonyl (C=O) groups excluding carboxylic acids is 1. The molecule has 1 atom stereocenters. The van der Waals surface area contributed by atoms with Crippen molar-refractivity contribution in [3.8, 4) is 0 Å². The summed E-state index contributed by atoms with van der Waals surface area (Å²) in [6.45, 7) is 6.05. The van der Waals surface area contributed by atoms with Gasteiger partial charge in [0.05, 0.1) is 5.56 Å². The first kappa shape index (κ1) is 12.8. The summed E-state index contributed by atoms with van der Waals surface area (Å²) < 4.78 is 0. The van der Waals surface area contributed by atoms with E-state index in [1.54, 1.807) is 12.4 Å². The van der Waals surface area contributed by atoms with E-state index < -0.39 is 0 Å². The maximum Gasteiger partial charge on any atom is 0.254 e. The van der Waals surface area contributed by atoms with Crippen LogP contribution in [-0.4, -0.2) is 35.0 Å². The molecule has 1 aliphatic heterocycles. The van der Waals surface area contributed by atoms with Gasteiger partial charge >= 0.3 is 0 Å². The zero-order valence-electron chi connectivity index (χ0n) is 11.0. The number of aromatic nitrogens is 2. The largest absolute Gasteiger partial charge is 0.350 e. The molecular formula is C13H20N4O. The first-order valence-corrected chi connectivity index (χ1v) is 6.58. The molecule has 1 aliphatic rings. The van der Waals surface area contributed by atoms with Crippen molar-refractivity contribution in [1.29, 1.82) is 0 Å². The lowest BCUT2D eigenvalue weighted by atomic mass is 10.2. The molecule has 1 aromatic rings. The Morgan fingerprint density at radius 2 is 2.00 bits per heavy atom. The van der Waals surface area contributed by atoms with Crippen LogP contribution in [0.4, 0.5) is 5.95 Å². The molecule has 0 aromatic carbocycles. The number of rotatable bonds is 4. The fourth-order valence-electron chi connectivity index (χ4n) is 1.93. The van der Waals surface area contributed by atoms with E-state index in [0.29, 0.717) is 5.56 Å². The van der Waals surface area contributed by atoms with Crippen molar-refractivity contribution >= 4 is 11.9 Å². The molecular weight excluding hydrogens is 228 g/mol. The van der Waals surface area contributed by atoms with Gasteiger partial charge in [0.15, 0.2) is 0 Å². The van der Waals surface area contributed by atoms with Gasteiger partial charge < -0.3 is 10.2 Å². The second kappa shape index (κ2) is 5.80. The summed E-state index contributed by atoms with van der Waals surface area (Å²) in [5.41, 5.74) is 0.526. The maximum absolute atomic E-state index is 11.8. The molecule has 5 heteroatoms. The summed E-state index contributed by atoms with van der Waals surface area (Å²) in [5, 5.41) is 2.90. The molecule has 1 N–H and O–H groups in total. The van der Waals surface area contributed by atoms with Crippen LogP contribution in [0.1, 0.15) is 43.5 Å². The monoisotopic (exact) mass is 248 g/mol. The number of anilines is 1. The van der Waals surface area contributed by atoms with Crippen molar-refractivity contribution in [2.75, 3.05) is 18.0 Å². The lowest BCUT2D eigenvalue weighted by Crippen LogP contribution is -2.32. The lowest BCUT2D eigenvalue weighted by molar-refractivity contribution is 0.0938. The summed E-state index contributed by atoms with van der Waals surface area (Å²) >= 11 is 0. The van der Waals surface area contributed by atoms with Crippen LogP contribution in [0.15, 0.2) is 12.4 Å². The maximum atomic E-state index is 11.8. The number of nitrogens with one attached hydrogen (secondary N) is 1. The predicted molar refractivity (Wildman–Crippen MR) is 70.7 cm³/mol. The molecule has 1 unspecified atom stereocenters. The highest BCUT2D eigenvalue weighted by atomic mass is 16.1. The Kier molecular flexibility index (Phi) is 4.12. The van der Waals surface area contributed by atoms with Gasteiger partial charge in [0, 0.05) is 31.5 Å². The van der Waals surface area contributed by atoms with E-state index in [-0.39, 0.29) is 11.9 Å². The van der Waals surface area contributed by atoms with Crippen LogP contribution in [0.3, 0.4) is 0 Å². The zero-order chi connectivity index (χ0) is 13.0. The van der Waals surface area contributed by atoms with Gasteiger partial charge in [-0.1, -0.05) is 6.92 Å². The molecule has 1 amide bonds. The molecule has 0 bridgehead atoms. The molecule has 2 rings (SSSR count). The Hall–Kier alpha value is -1.65. The van der Waals surface area contributed by atoms with E-state index in [0.717, 1.165) is 25.5 Å². The lowest BCUT2D eigenvalue weighted by Gasteiger charge is -2.15. The molecule has 0 saturated carbocycles. The molecule has 0 radical (unpaired) electrons. The van der Waals surface area contributed by atoms with Crippen LogP contribution in [-0.2, 0) is 0 Å². The molecule has 0 spiro atoms. The molecule has 18 heavy (non-hydrogen) atoms. The highest BCUT2D eigenvalue weighted by Gasteiger charge is 2.15. The van der Waals surface area contributed by atoms with Crippen LogP contribution in [0.2, 0.25) is 0 Å². The summed E-state index contributed by atoms with van der Waals surface area (Å²) in [4.78, 5) is 22.5. The Morgan fingerprint density at radius 1 is 1.39 bits per heavy atom. The second-order valence-electron chi connectivity index (χ2n) is 4.75. The first-order chi connectivity index (χ1) is 8.70. The number of carbonyl (C=O) groups is 1. The van der Waals surface area contributed by atoms with E-state index in [4.69, 9.17) is 0 Å². The average molecular weight is 248 g/mol. The third-order valence-electron chi connectivity index (χ3n) is 3.28. The topological polar surface area (TPSA) is 58.1 Å². The summed E-state index contributed by atoms with van der Waals surface area (Å²) in [5.74, 6) is 0.630. The van der Waals surface area contributed by atoms with Gasteiger partial charge in [0.2, 0.25) is 5.95 Å². The smallest absolute Gasteiger partial charge is 0.254 e. The van der Waals surface area contributed by atoms with Crippen molar-refractivity contribution in [2.24, 2.45) is 0 Å². The highest BCUT2D eigenvalue weighted by molar-refractivity contribution is 5.93. The van der Waals surface area contributed by atoms with E-state index in [1.807, 2.05) is 13.8 Å². The number of amides is 1. The molecule has 98 valence electrons. The van der Waals surface area contributed by atoms with Crippen LogP contribution in [0.25, 0.3) is 0 Å². The van der Waals surface area contributed by atoms with Crippen LogP contribution < -0.4 is 10.2 Å². The van der Waals surface area contributed by atoms with Crippen molar-refractivity contribution in [2.45, 2.75) is 39.2 Å². The minimum Gasteiger partial charge on any atom is -0.350 e. The minimum absolute atomic E-state index is 0.0997.